The third kappa shape index (κ3) is 6.13. The maximum absolute atomic E-state index is 12.9. The van der Waals surface area contributed by atoms with E-state index in [4.69, 9.17) is 0 Å². The summed E-state index contributed by atoms with van der Waals surface area (Å²) in [5, 5.41) is 5.97. The number of hydrogen-bond acceptors (Lipinski definition) is 1. The van der Waals surface area contributed by atoms with Gasteiger partial charge >= 0.3 is 6.18 Å². The quantitative estimate of drug-likeness (QED) is 0.379. The summed E-state index contributed by atoms with van der Waals surface area (Å²) in [4.78, 5) is 4.02. The van der Waals surface area contributed by atoms with Gasteiger partial charge in [-0.15, -0.1) is 0 Å². The van der Waals surface area contributed by atoms with Gasteiger partial charge in [0, 0.05) is 19.2 Å². The highest BCUT2D eigenvalue weighted by Gasteiger charge is 2.30. The van der Waals surface area contributed by atoms with E-state index in [0.29, 0.717) is 12.5 Å². The molecule has 0 heterocycles. The Kier molecular flexibility index (Phi) is 6.61. The standard InChI is InChI=1S/C19H17F4N3/c1-24-18(26-13-15-7-9-17(20)10-8-15)25-11-3-5-14-4-2-6-16(12-14)19(21,22)23/h2,4,6-10,12H,11,13H2,1H3,(H2,24,25,26). The van der Waals surface area contributed by atoms with Gasteiger partial charge in [-0.1, -0.05) is 30.0 Å². The zero-order valence-corrected chi connectivity index (χ0v) is 14.0. The first-order valence-corrected chi connectivity index (χ1v) is 7.73. The van der Waals surface area contributed by atoms with E-state index < -0.39 is 11.7 Å². The topological polar surface area (TPSA) is 36.4 Å². The Balaban J connectivity index is 1.86. The van der Waals surface area contributed by atoms with Gasteiger partial charge in [0.15, 0.2) is 5.96 Å². The number of nitrogens with zero attached hydrogens (tertiary/aromatic N) is 1. The third-order valence-electron chi connectivity index (χ3n) is 3.36. The lowest BCUT2D eigenvalue weighted by atomic mass is 10.1. The smallest absolute Gasteiger partial charge is 0.352 e. The van der Waals surface area contributed by atoms with Crippen LogP contribution in [0.3, 0.4) is 0 Å². The number of aliphatic imine (C=N–C) groups is 1. The van der Waals surface area contributed by atoms with Crippen molar-refractivity contribution in [3.05, 3.63) is 71.0 Å². The zero-order valence-electron chi connectivity index (χ0n) is 14.0. The first-order valence-electron chi connectivity index (χ1n) is 7.73. The summed E-state index contributed by atoms with van der Waals surface area (Å²) in [5.74, 6) is 5.61. The van der Waals surface area contributed by atoms with Crippen LogP contribution in [0.2, 0.25) is 0 Å². The van der Waals surface area contributed by atoms with Gasteiger partial charge < -0.3 is 10.6 Å². The van der Waals surface area contributed by atoms with Crippen molar-refractivity contribution in [1.82, 2.24) is 10.6 Å². The number of alkyl halides is 3. The van der Waals surface area contributed by atoms with Crippen molar-refractivity contribution >= 4 is 5.96 Å². The second kappa shape index (κ2) is 8.90. The molecule has 0 radical (unpaired) electrons. The molecule has 0 aliphatic carbocycles. The van der Waals surface area contributed by atoms with Crippen LogP contribution in [-0.4, -0.2) is 19.6 Å². The van der Waals surface area contributed by atoms with Crippen LogP contribution in [0.4, 0.5) is 17.6 Å². The molecule has 2 rings (SSSR count). The van der Waals surface area contributed by atoms with E-state index in [1.54, 1.807) is 19.2 Å². The SMILES string of the molecule is CN=C(NCC#Cc1cccc(C(F)(F)F)c1)NCc1ccc(F)cc1. The van der Waals surface area contributed by atoms with E-state index in [2.05, 4.69) is 27.5 Å². The molecule has 7 heteroatoms. The van der Waals surface area contributed by atoms with Gasteiger partial charge in [0.25, 0.3) is 0 Å². The van der Waals surface area contributed by atoms with E-state index in [9.17, 15) is 17.6 Å². The minimum atomic E-state index is -4.39. The van der Waals surface area contributed by atoms with Crippen molar-refractivity contribution in [1.29, 1.82) is 0 Å². The number of guanidine groups is 1. The maximum Gasteiger partial charge on any atom is 0.416 e. The van der Waals surface area contributed by atoms with E-state index in [1.165, 1.54) is 24.3 Å². The Morgan fingerprint density at radius 1 is 1.08 bits per heavy atom. The molecule has 0 atom stereocenters. The number of nitrogens with one attached hydrogen (secondary N) is 2. The van der Waals surface area contributed by atoms with Crippen LogP contribution in [0.15, 0.2) is 53.5 Å². The molecule has 0 aromatic heterocycles. The number of benzene rings is 2. The molecule has 0 aliphatic rings. The highest BCUT2D eigenvalue weighted by atomic mass is 19.4. The first kappa shape index (κ1) is 19.3. The molecule has 0 spiro atoms. The van der Waals surface area contributed by atoms with E-state index in [0.717, 1.165) is 17.7 Å². The van der Waals surface area contributed by atoms with Crippen molar-refractivity contribution in [3.8, 4) is 11.8 Å². The lowest BCUT2D eigenvalue weighted by molar-refractivity contribution is -0.137. The fraction of sp³-hybridized carbons (Fsp3) is 0.211. The fourth-order valence-electron chi connectivity index (χ4n) is 2.06. The molecule has 0 bridgehead atoms. The summed E-state index contributed by atoms with van der Waals surface area (Å²) >= 11 is 0. The summed E-state index contributed by atoms with van der Waals surface area (Å²) < 4.78 is 50.8. The van der Waals surface area contributed by atoms with Crippen molar-refractivity contribution < 1.29 is 17.6 Å². The van der Waals surface area contributed by atoms with Crippen molar-refractivity contribution in [2.45, 2.75) is 12.7 Å². The third-order valence-corrected chi connectivity index (χ3v) is 3.36. The highest BCUT2D eigenvalue weighted by Crippen LogP contribution is 2.29. The van der Waals surface area contributed by atoms with Gasteiger partial charge in [-0.25, -0.2) is 4.39 Å². The lowest BCUT2D eigenvalue weighted by Gasteiger charge is -2.09. The fourth-order valence-corrected chi connectivity index (χ4v) is 2.06. The predicted molar refractivity (Wildman–Crippen MR) is 92.9 cm³/mol. The average molecular weight is 363 g/mol. The van der Waals surface area contributed by atoms with E-state index >= 15 is 0 Å². The molecule has 0 fully saturated rings. The molecule has 136 valence electrons. The van der Waals surface area contributed by atoms with Crippen molar-refractivity contribution in [2.24, 2.45) is 4.99 Å². The number of halogens is 4. The normalized spacial score (nSPS) is 11.5. The van der Waals surface area contributed by atoms with E-state index in [1.807, 2.05) is 0 Å². The molecular weight excluding hydrogens is 346 g/mol. The minimum Gasteiger partial charge on any atom is -0.352 e. The van der Waals surface area contributed by atoms with E-state index in [-0.39, 0.29) is 17.9 Å². The molecule has 2 aromatic rings. The second-order valence-electron chi connectivity index (χ2n) is 5.29. The Labute approximate surface area is 149 Å². The Hall–Kier alpha value is -3.01. The van der Waals surface area contributed by atoms with Crippen LogP contribution in [0, 0.1) is 17.7 Å². The summed E-state index contributed by atoms with van der Waals surface area (Å²) in [5.41, 5.74) is 0.439. The van der Waals surface area contributed by atoms with Gasteiger partial charge in [0.1, 0.15) is 5.82 Å². The summed E-state index contributed by atoms with van der Waals surface area (Å²) in [6, 6.07) is 10.9. The molecule has 0 saturated heterocycles. The molecule has 0 saturated carbocycles. The lowest BCUT2D eigenvalue weighted by Crippen LogP contribution is -2.36. The molecule has 0 aliphatic heterocycles. The summed E-state index contributed by atoms with van der Waals surface area (Å²) in [6.07, 6.45) is -4.39. The Bertz CT molecular complexity index is 815. The molecule has 0 amide bonds. The Morgan fingerprint density at radius 2 is 1.81 bits per heavy atom. The number of hydrogen-bond donors (Lipinski definition) is 2. The van der Waals surface area contributed by atoms with Gasteiger partial charge in [-0.2, -0.15) is 13.2 Å². The van der Waals surface area contributed by atoms with Gasteiger partial charge in [0.2, 0.25) is 0 Å². The van der Waals surface area contributed by atoms with Crippen LogP contribution < -0.4 is 10.6 Å². The zero-order chi connectivity index (χ0) is 19.0. The van der Waals surface area contributed by atoms with Crippen LogP contribution in [0.1, 0.15) is 16.7 Å². The predicted octanol–water partition coefficient (Wildman–Crippen LogP) is 3.56. The monoisotopic (exact) mass is 363 g/mol. The van der Waals surface area contributed by atoms with Crippen LogP contribution in [0.5, 0.6) is 0 Å². The first-order chi connectivity index (χ1) is 12.4. The molecule has 0 unspecified atom stereocenters. The van der Waals surface area contributed by atoms with Crippen LogP contribution in [-0.2, 0) is 12.7 Å². The number of rotatable bonds is 3. The minimum absolute atomic E-state index is 0.208. The molecule has 3 nitrogen and oxygen atoms in total. The maximum atomic E-state index is 12.9. The van der Waals surface area contributed by atoms with Crippen LogP contribution in [0.25, 0.3) is 0 Å². The van der Waals surface area contributed by atoms with Crippen LogP contribution >= 0.6 is 0 Å². The highest BCUT2D eigenvalue weighted by molar-refractivity contribution is 5.79. The average Bonchev–Trinajstić information content (AvgIpc) is 2.62. The summed E-state index contributed by atoms with van der Waals surface area (Å²) in [6.45, 7) is 0.653. The molecule has 2 N–H and O–H groups in total. The molecule has 26 heavy (non-hydrogen) atoms. The largest absolute Gasteiger partial charge is 0.416 e. The van der Waals surface area contributed by atoms with Crippen molar-refractivity contribution in [2.75, 3.05) is 13.6 Å². The van der Waals surface area contributed by atoms with Gasteiger partial charge in [-0.3, -0.25) is 4.99 Å². The molecular formula is C19H17F4N3. The molecule has 2 aromatic carbocycles. The second-order valence-corrected chi connectivity index (χ2v) is 5.29. The summed E-state index contributed by atoms with van der Waals surface area (Å²) in [7, 11) is 1.58. The van der Waals surface area contributed by atoms with Crippen molar-refractivity contribution in [3.63, 3.8) is 0 Å². The Morgan fingerprint density at radius 3 is 2.46 bits per heavy atom. The van der Waals surface area contributed by atoms with Gasteiger partial charge in [-0.05, 0) is 35.9 Å². The van der Waals surface area contributed by atoms with Gasteiger partial charge in [0.05, 0.1) is 12.1 Å².